The molecule has 1 aromatic carbocycles. The summed E-state index contributed by atoms with van der Waals surface area (Å²) in [6.07, 6.45) is 1.58. The van der Waals surface area contributed by atoms with Gasteiger partial charge in [0.05, 0.1) is 28.1 Å². The van der Waals surface area contributed by atoms with Gasteiger partial charge in [-0.1, -0.05) is 28.9 Å². The molecule has 1 atom stereocenters. The van der Waals surface area contributed by atoms with Crippen LogP contribution in [0, 0.1) is 13.8 Å². The molecule has 4 heterocycles. The maximum absolute atomic E-state index is 12.3. The number of hydrogen-bond acceptors (Lipinski definition) is 6. The number of nitrogens with zero attached hydrogens (tertiary/aromatic N) is 3. The van der Waals surface area contributed by atoms with E-state index >= 15 is 0 Å². The van der Waals surface area contributed by atoms with Crippen molar-refractivity contribution < 1.29 is 9.63 Å². The summed E-state index contributed by atoms with van der Waals surface area (Å²) < 4.78 is 5.34. The molecule has 0 amide bonds. The first-order chi connectivity index (χ1) is 15.4. The Hall–Kier alpha value is -3.75. The first kappa shape index (κ1) is 20.2. The second-order valence-corrected chi connectivity index (χ2v) is 7.88. The Balaban J connectivity index is 1.91. The fourth-order valence-corrected chi connectivity index (χ4v) is 4.22. The lowest BCUT2D eigenvalue weighted by atomic mass is 9.83. The maximum atomic E-state index is 12.3. The summed E-state index contributed by atoms with van der Waals surface area (Å²) in [6.45, 7) is 3.64. The highest BCUT2D eigenvalue weighted by Crippen LogP contribution is 2.40. The number of nitrogens with one attached hydrogen (secondary N) is 2. The van der Waals surface area contributed by atoms with Crippen LogP contribution in [0.3, 0.4) is 0 Å². The number of pyridine rings is 2. The monoisotopic (exact) mass is 447 g/mol. The van der Waals surface area contributed by atoms with E-state index in [1.54, 1.807) is 48.7 Å². The second kappa shape index (κ2) is 7.44. The van der Waals surface area contributed by atoms with E-state index in [0.717, 1.165) is 11.1 Å². The average molecular weight is 448 g/mol. The van der Waals surface area contributed by atoms with Gasteiger partial charge in [0, 0.05) is 17.3 Å². The van der Waals surface area contributed by atoms with E-state index < -0.39 is 11.3 Å². The van der Waals surface area contributed by atoms with E-state index in [1.807, 2.05) is 19.9 Å². The van der Waals surface area contributed by atoms with Crippen LogP contribution in [0.5, 0.6) is 0 Å². The number of fused-ring (bicyclic) bond motifs is 1. The van der Waals surface area contributed by atoms with Crippen LogP contribution in [-0.2, 0) is 5.60 Å². The summed E-state index contributed by atoms with van der Waals surface area (Å²) >= 11 is 6.17. The topological polar surface area (TPSA) is 121 Å². The van der Waals surface area contributed by atoms with Crippen molar-refractivity contribution in [3.8, 4) is 11.1 Å². The van der Waals surface area contributed by atoms with Gasteiger partial charge in [-0.05, 0) is 55.8 Å². The van der Waals surface area contributed by atoms with E-state index in [9.17, 15) is 9.90 Å². The molecule has 3 N–H and O–H groups in total. The third-order valence-corrected chi connectivity index (χ3v) is 5.67. The van der Waals surface area contributed by atoms with E-state index in [-0.39, 0.29) is 10.8 Å². The van der Waals surface area contributed by atoms with Crippen LogP contribution in [-0.4, -0.2) is 30.2 Å². The second-order valence-electron chi connectivity index (χ2n) is 7.50. The highest BCUT2D eigenvalue weighted by atomic mass is 35.5. The minimum Gasteiger partial charge on any atom is -0.373 e. The number of rotatable bonds is 4. The van der Waals surface area contributed by atoms with Crippen molar-refractivity contribution in [3.05, 3.63) is 98.8 Å². The van der Waals surface area contributed by atoms with Crippen molar-refractivity contribution in [1.29, 1.82) is 0 Å². The summed E-state index contributed by atoms with van der Waals surface area (Å²) in [7, 11) is 0. The molecule has 9 heteroatoms. The molecule has 160 valence electrons. The summed E-state index contributed by atoms with van der Waals surface area (Å²) in [5.41, 5.74) is 1.89. The Morgan fingerprint density at radius 1 is 1.06 bits per heavy atom. The van der Waals surface area contributed by atoms with E-state index in [2.05, 4.69) is 25.1 Å². The molecule has 8 nitrogen and oxygen atoms in total. The van der Waals surface area contributed by atoms with Crippen LogP contribution in [0.1, 0.15) is 28.4 Å². The molecule has 0 saturated carbocycles. The van der Waals surface area contributed by atoms with Crippen molar-refractivity contribution in [2.75, 3.05) is 0 Å². The van der Waals surface area contributed by atoms with E-state index in [0.29, 0.717) is 33.7 Å². The first-order valence-corrected chi connectivity index (χ1v) is 10.2. The number of imidazole rings is 1. The first-order valence-electron chi connectivity index (χ1n) is 9.84. The van der Waals surface area contributed by atoms with Crippen molar-refractivity contribution in [3.63, 3.8) is 0 Å². The lowest BCUT2D eigenvalue weighted by molar-refractivity contribution is 0.117. The molecule has 0 aliphatic heterocycles. The lowest BCUT2D eigenvalue weighted by Crippen LogP contribution is -2.31. The predicted octanol–water partition coefficient (Wildman–Crippen LogP) is 3.86. The van der Waals surface area contributed by atoms with Gasteiger partial charge < -0.3 is 19.6 Å². The molecule has 0 radical (unpaired) electrons. The summed E-state index contributed by atoms with van der Waals surface area (Å²) in [4.78, 5) is 26.6. The third-order valence-electron chi connectivity index (χ3n) is 5.46. The van der Waals surface area contributed by atoms with Crippen LogP contribution in [0.15, 0.2) is 64.0 Å². The fraction of sp³-hybridized carbons (Fsp3) is 0.130. The molecule has 0 bridgehead atoms. The Labute approximate surface area is 186 Å². The Bertz CT molecular complexity index is 1490. The van der Waals surface area contributed by atoms with Gasteiger partial charge in [0.1, 0.15) is 10.9 Å². The zero-order chi connectivity index (χ0) is 22.5. The van der Waals surface area contributed by atoms with Crippen molar-refractivity contribution in [2.24, 2.45) is 0 Å². The number of aromatic amines is 2. The summed E-state index contributed by atoms with van der Waals surface area (Å²) in [5.74, 6) is 0.618. The standard InChI is InChI=1S/C23H18ClN5O3/c1-12-20(13(2)32-29-12)14-10-15(21-16(11-14)26-22(30)28-21)23(31,17-6-3-4-9-25-17)18-7-5-8-19(24)27-18/h3-11,31H,1-2H3,(H2,26,28,30). The highest BCUT2D eigenvalue weighted by Gasteiger charge is 2.39. The molecular weight excluding hydrogens is 430 g/mol. The summed E-state index contributed by atoms with van der Waals surface area (Å²) in [6, 6.07) is 13.8. The van der Waals surface area contributed by atoms with Gasteiger partial charge >= 0.3 is 5.69 Å². The van der Waals surface area contributed by atoms with E-state index in [1.165, 1.54) is 0 Å². The van der Waals surface area contributed by atoms with Gasteiger partial charge in [-0.25, -0.2) is 9.78 Å². The SMILES string of the molecule is Cc1noc(C)c1-c1cc(C(O)(c2ccccn2)c2cccc(Cl)n2)c2[nH]c(=O)[nH]c2c1. The van der Waals surface area contributed by atoms with Gasteiger partial charge in [0.25, 0.3) is 0 Å². The Kier molecular flexibility index (Phi) is 4.69. The number of aliphatic hydroxyl groups is 1. The molecule has 0 spiro atoms. The van der Waals surface area contributed by atoms with Crippen LogP contribution in [0.4, 0.5) is 0 Å². The number of benzene rings is 1. The van der Waals surface area contributed by atoms with Gasteiger partial charge in [0.15, 0.2) is 5.60 Å². The number of aromatic nitrogens is 5. The van der Waals surface area contributed by atoms with Gasteiger partial charge in [-0.2, -0.15) is 0 Å². The van der Waals surface area contributed by atoms with Gasteiger partial charge in [-0.3, -0.25) is 4.98 Å². The van der Waals surface area contributed by atoms with Gasteiger partial charge in [-0.15, -0.1) is 0 Å². The quantitative estimate of drug-likeness (QED) is 0.360. The predicted molar refractivity (Wildman–Crippen MR) is 119 cm³/mol. The normalized spacial score (nSPS) is 13.4. The molecular formula is C23H18ClN5O3. The molecule has 4 aromatic heterocycles. The third kappa shape index (κ3) is 3.12. The number of hydrogen-bond donors (Lipinski definition) is 3. The molecule has 1 unspecified atom stereocenters. The number of aryl methyl sites for hydroxylation is 2. The average Bonchev–Trinajstić information content (AvgIpc) is 3.33. The zero-order valence-electron chi connectivity index (χ0n) is 17.2. The maximum Gasteiger partial charge on any atom is 0.323 e. The minimum absolute atomic E-state index is 0.220. The number of H-pyrrole nitrogens is 2. The number of halogens is 1. The molecule has 5 rings (SSSR count). The van der Waals surface area contributed by atoms with Crippen molar-refractivity contribution >= 4 is 22.6 Å². The van der Waals surface area contributed by atoms with Crippen LogP contribution < -0.4 is 5.69 Å². The van der Waals surface area contributed by atoms with Crippen LogP contribution in [0.25, 0.3) is 22.2 Å². The molecule has 0 saturated heterocycles. The molecule has 5 aromatic rings. The Morgan fingerprint density at radius 3 is 2.56 bits per heavy atom. The van der Waals surface area contributed by atoms with E-state index in [4.69, 9.17) is 16.1 Å². The molecule has 0 aliphatic carbocycles. The largest absolute Gasteiger partial charge is 0.373 e. The summed E-state index contributed by atoms with van der Waals surface area (Å²) in [5, 5.41) is 16.5. The molecule has 32 heavy (non-hydrogen) atoms. The van der Waals surface area contributed by atoms with Gasteiger partial charge in [0.2, 0.25) is 0 Å². The lowest BCUT2D eigenvalue weighted by Gasteiger charge is -2.28. The zero-order valence-corrected chi connectivity index (χ0v) is 17.9. The van der Waals surface area contributed by atoms with Crippen LogP contribution >= 0.6 is 11.6 Å². The molecule has 0 fully saturated rings. The van der Waals surface area contributed by atoms with Crippen molar-refractivity contribution in [2.45, 2.75) is 19.4 Å². The highest BCUT2D eigenvalue weighted by molar-refractivity contribution is 6.29. The fourth-order valence-electron chi connectivity index (χ4n) is 4.06. The van der Waals surface area contributed by atoms with Crippen LogP contribution in [0.2, 0.25) is 5.15 Å². The Morgan fingerprint density at radius 2 is 1.88 bits per heavy atom. The smallest absolute Gasteiger partial charge is 0.323 e. The minimum atomic E-state index is -1.81. The molecule has 0 aliphatic rings. The van der Waals surface area contributed by atoms with Crippen molar-refractivity contribution in [1.82, 2.24) is 25.1 Å².